The standard InChI is InChI=1S/C18H24N2S/c1-3-9-20-18(13(2)14-7-10-19-11-8-14)17-12-15-5-4-6-16(15)21-17/h7-8,10-13,18,20H,3-6,9H2,1-2H3. The molecule has 2 heterocycles. The number of aryl methyl sites for hydroxylation is 2. The number of thiophene rings is 1. The number of rotatable bonds is 6. The highest BCUT2D eigenvalue weighted by molar-refractivity contribution is 7.12. The molecule has 2 atom stereocenters. The van der Waals surface area contributed by atoms with E-state index in [4.69, 9.17) is 0 Å². The molecule has 0 bridgehead atoms. The van der Waals surface area contributed by atoms with Gasteiger partial charge in [0.25, 0.3) is 0 Å². The summed E-state index contributed by atoms with van der Waals surface area (Å²) in [7, 11) is 0. The van der Waals surface area contributed by atoms with Crippen molar-refractivity contribution in [2.75, 3.05) is 6.54 Å². The molecular formula is C18H24N2S. The van der Waals surface area contributed by atoms with E-state index in [0.717, 1.165) is 6.54 Å². The van der Waals surface area contributed by atoms with Crippen molar-refractivity contribution in [2.45, 2.75) is 51.5 Å². The number of fused-ring (bicyclic) bond motifs is 1. The Labute approximate surface area is 131 Å². The number of nitrogens with zero attached hydrogens (tertiary/aromatic N) is 1. The van der Waals surface area contributed by atoms with Crippen molar-refractivity contribution < 1.29 is 0 Å². The lowest BCUT2D eigenvalue weighted by molar-refractivity contribution is 0.472. The average molecular weight is 300 g/mol. The molecule has 3 rings (SSSR count). The van der Waals surface area contributed by atoms with Crippen molar-refractivity contribution in [1.82, 2.24) is 10.3 Å². The average Bonchev–Trinajstić information content (AvgIpc) is 3.10. The Balaban J connectivity index is 1.86. The number of pyridine rings is 1. The second-order valence-electron chi connectivity index (χ2n) is 5.95. The lowest BCUT2D eigenvalue weighted by Gasteiger charge is -2.25. The molecule has 112 valence electrons. The van der Waals surface area contributed by atoms with E-state index in [1.54, 1.807) is 10.4 Å². The van der Waals surface area contributed by atoms with E-state index in [-0.39, 0.29) is 0 Å². The van der Waals surface area contributed by atoms with E-state index in [1.807, 2.05) is 23.7 Å². The van der Waals surface area contributed by atoms with Crippen LogP contribution in [0.3, 0.4) is 0 Å². The van der Waals surface area contributed by atoms with Gasteiger partial charge in [0.05, 0.1) is 0 Å². The molecule has 0 saturated carbocycles. The smallest absolute Gasteiger partial charge is 0.0481 e. The molecule has 0 fully saturated rings. The van der Waals surface area contributed by atoms with Crippen LogP contribution in [0.5, 0.6) is 0 Å². The molecule has 0 radical (unpaired) electrons. The first-order valence-corrected chi connectivity index (χ1v) is 8.86. The molecule has 2 aromatic rings. The van der Waals surface area contributed by atoms with Gasteiger partial charge < -0.3 is 5.32 Å². The molecular weight excluding hydrogens is 276 g/mol. The van der Waals surface area contributed by atoms with Crippen LogP contribution < -0.4 is 5.32 Å². The van der Waals surface area contributed by atoms with Gasteiger partial charge in [0.2, 0.25) is 0 Å². The highest BCUT2D eigenvalue weighted by Gasteiger charge is 2.24. The minimum atomic E-state index is 0.419. The Morgan fingerprint density at radius 1 is 1.29 bits per heavy atom. The van der Waals surface area contributed by atoms with Crippen molar-refractivity contribution in [2.24, 2.45) is 0 Å². The van der Waals surface area contributed by atoms with E-state index < -0.39 is 0 Å². The second kappa shape index (κ2) is 6.71. The number of hydrogen-bond donors (Lipinski definition) is 1. The van der Waals surface area contributed by atoms with Gasteiger partial charge >= 0.3 is 0 Å². The van der Waals surface area contributed by atoms with Crippen molar-refractivity contribution >= 4 is 11.3 Å². The Kier molecular flexibility index (Phi) is 4.71. The van der Waals surface area contributed by atoms with Crippen LogP contribution in [0, 0.1) is 0 Å². The lowest BCUT2D eigenvalue weighted by atomic mass is 9.92. The van der Waals surface area contributed by atoms with Crippen molar-refractivity contribution in [3.8, 4) is 0 Å². The third-order valence-electron chi connectivity index (χ3n) is 4.42. The van der Waals surface area contributed by atoms with Crippen molar-refractivity contribution in [3.05, 3.63) is 51.5 Å². The summed E-state index contributed by atoms with van der Waals surface area (Å²) in [6.45, 7) is 5.63. The summed E-state index contributed by atoms with van der Waals surface area (Å²) in [5, 5.41) is 3.76. The molecule has 2 nitrogen and oxygen atoms in total. The van der Waals surface area contributed by atoms with Gasteiger partial charge in [-0.25, -0.2) is 0 Å². The molecule has 1 N–H and O–H groups in total. The summed E-state index contributed by atoms with van der Waals surface area (Å²) in [6.07, 6.45) is 8.87. The Bertz CT molecular complexity index is 555. The van der Waals surface area contributed by atoms with Gasteiger partial charge in [0.1, 0.15) is 0 Å². The van der Waals surface area contributed by atoms with Gasteiger partial charge in [-0.15, -0.1) is 11.3 Å². The Morgan fingerprint density at radius 2 is 2.10 bits per heavy atom. The zero-order valence-electron chi connectivity index (χ0n) is 12.9. The van der Waals surface area contributed by atoms with Gasteiger partial charge in [-0.05, 0) is 61.6 Å². The van der Waals surface area contributed by atoms with Crippen LogP contribution in [0.15, 0.2) is 30.6 Å². The van der Waals surface area contributed by atoms with E-state index >= 15 is 0 Å². The SMILES string of the molecule is CCCNC(c1cc2c(s1)CCC2)C(C)c1ccncc1. The van der Waals surface area contributed by atoms with E-state index in [1.165, 1.54) is 36.1 Å². The van der Waals surface area contributed by atoms with Crippen LogP contribution in [-0.4, -0.2) is 11.5 Å². The van der Waals surface area contributed by atoms with Crippen LogP contribution in [0.4, 0.5) is 0 Å². The maximum atomic E-state index is 4.14. The maximum Gasteiger partial charge on any atom is 0.0481 e. The van der Waals surface area contributed by atoms with Crippen molar-refractivity contribution in [3.63, 3.8) is 0 Å². The fraction of sp³-hybridized carbons (Fsp3) is 0.500. The normalized spacial score (nSPS) is 16.7. The van der Waals surface area contributed by atoms with E-state index in [9.17, 15) is 0 Å². The summed E-state index contributed by atoms with van der Waals surface area (Å²) in [6, 6.07) is 7.17. The fourth-order valence-corrected chi connectivity index (χ4v) is 4.63. The summed E-state index contributed by atoms with van der Waals surface area (Å²) in [5.41, 5.74) is 2.97. The third kappa shape index (κ3) is 3.19. The molecule has 0 saturated heterocycles. The lowest BCUT2D eigenvalue weighted by Crippen LogP contribution is -2.26. The minimum absolute atomic E-state index is 0.419. The van der Waals surface area contributed by atoms with Gasteiger partial charge in [-0.1, -0.05) is 13.8 Å². The highest BCUT2D eigenvalue weighted by atomic mass is 32.1. The molecule has 2 aromatic heterocycles. The first kappa shape index (κ1) is 14.7. The van der Waals surface area contributed by atoms with Crippen molar-refractivity contribution in [1.29, 1.82) is 0 Å². The Morgan fingerprint density at radius 3 is 2.81 bits per heavy atom. The minimum Gasteiger partial charge on any atom is -0.309 e. The van der Waals surface area contributed by atoms with E-state index in [2.05, 4.69) is 42.3 Å². The first-order chi connectivity index (χ1) is 10.3. The molecule has 1 aliphatic carbocycles. The topological polar surface area (TPSA) is 24.9 Å². The van der Waals surface area contributed by atoms with E-state index in [0.29, 0.717) is 12.0 Å². The summed E-state index contributed by atoms with van der Waals surface area (Å²) >= 11 is 2.03. The fourth-order valence-electron chi connectivity index (χ4n) is 3.19. The number of aromatic nitrogens is 1. The van der Waals surface area contributed by atoms with Crippen LogP contribution in [-0.2, 0) is 12.8 Å². The zero-order valence-corrected chi connectivity index (χ0v) is 13.7. The number of nitrogens with one attached hydrogen (secondary N) is 1. The second-order valence-corrected chi connectivity index (χ2v) is 7.12. The molecule has 3 heteroatoms. The van der Waals surface area contributed by atoms with Crippen LogP contribution >= 0.6 is 11.3 Å². The van der Waals surface area contributed by atoms with Crippen LogP contribution in [0.25, 0.3) is 0 Å². The van der Waals surface area contributed by atoms with Gasteiger partial charge in [-0.2, -0.15) is 0 Å². The first-order valence-electron chi connectivity index (χ1n) is 8.04. The molecule has 0 amide bonds. The highest BCUT2D eigenvalue weighted by Crippen LogP contribution is 2.39. The molecule has 21 heavy (non-hydrogen) atoms. The Hall–Kier alpha value is -1.19. The maximum absolute atomic E-state index is 4.14. The van der Waals surface area contributed by atoms with Crippen LogP contribution in [0.2, 0.25) is 0 Å². The van der Waals surface area contributed by atoms with Gasteiger partial charge in [0.15, 0.2) is 0 Å². The third-order valence-corrected chi connectivity index (χ3v) is 5.74. The molecule has 2 unspecified atom stereocenters. The summed E-state index contributed by atoms with van der Waals surface area (Å²) in [4.78, 5) is 7.28. The van der Waals surface area contributed by atoms with Gasteiger partial charge in [-0.3, -0.25) is 4.98 Å². The quantitative estimate of drug-likeness (QED) is 0.851. The predicted molar refractivity (Wildman–Crippen MR) is 90.0 cm³/mol. The molecule has 0 spiro atoms. The largest absolute Gasteiger partial charge is 0.309 e. The number of hydrogen-bond acceptors (Lipinski definition) is 3. The molecule has 1 aliphatic rings. The predicted octanol–water partition coefficient (Wildman–Crippen LogP) is 4.48. The van der Waals surface area contributed by atoms with Crippen LogP contribution in [0.1, 0.15) is 59.5 Å². The van der Waals surface area contributed by atoms with Gasteiger partial charge in [0, 0.05) is 34.1 Å². The molecule has 0 aromatic carbocycles. The summed E-state index contributed by atoms with van der Waals surface area (Å²) in [5.74, 6) is 0.471. The monoisotopic (exact) mass is 300 g/mol. The zero-order chi connectivity index (χ0) is 14.7. The molecule has 0 aliphatic heterocycles. The summed E-state index contributed by atoms with van der Waals surface area (Å²) < 4.78 is 0.